The van der Waals surface area contributed by atoms with Crippen LogP contribution in [0.15, 0.2) is 47.5 Å². The highest BCUT2D eigenvalue weighted by Gasteiger charge is 2.39. The number of sulfonamides is 1. The van der Waals surface area contributed by atoms with Crippen molar-refractivity contribution in [2.45, 2.75) is 11.0 Å². The maximum atomic E-state index is 12.6. The van der Waals surface area contributed by atoms with E-state index < -0.39 is 10.0 Å². The predicted octanol–water partition coefficient (Wildman–Crippen LogP) is 2.20. The molecule has 6 nitrogen and oxygen atoms in total. The zero-order chi connectivity index (χ0) is 16.4. The average Bonchev–Trinajstić information content (AvgIpc) is 2.52. The summed E-state index contributed by atoms with van der Waals surface area (Å²) in [5, 5.41) is 0.520. The summed E-state index contributed by atoms with van der Waals surface area (Å²) in [4.78, 5) is 4.19. The van der Waals surface area contributed by atoms with Crippen LogP contribution in [0.5, 0.6) is 11.6 Å². The van der Waals surface area contributed by atoms with Crippen molar-refractivity contribution in [2.24, 2.45) is 0 Å². The summed E-state index contributed by atoms with van der Waals surface area (Å²) < 4.78 is 37.3. The second kappa shape index (κ2) is 6.35. The summed E-state index contributed by atoms with van der Waals surface area (Å²) in [5.41, 5.74) is 0. The summed E-state index contributed by atoms with van der Waals surface area (Å²) in [6.45, 7) is 0.537. The van der Waals surface area contributed by atoms with Gasteiger partial charge in [0.25, 0.3) is 0 Å². The van der Waals surface area contributed by atoms with Crippen LogP contribution in [0.25, 0.3) is 0 Å². The van der Waals surface area contributed by atoms with Gasteiger partial charge < -0.3 is 9.47 Å². The molecule has 0 unspecified atom stereocenters. The second-order valence-electron chi connectivity index (χ2n) is 5.03. The fourth-order valence-electron chi connectivity index (χ4n) is 2.25. The lowest BCUT2D eigenvalue weighted by Gasteiger charge is -2.37. The number of para-hydroxylation sites is 1. The fraction of sp³-hybridized carbons (Fsp3) is 0.267. The molecule has 3 rings (SSSR count). The molecule has 1 aliphatic rings. The van der Waals surface area contributed by atoms with Gasteiger partial charge in [-0.3, -0.25) is 0 Å². The molecule has 1 aromatic carbocycles. The van der Waals surface area contributed by atoms with E-state index in [0.717, 1.165) is 0 Å². The number of hydrogen-bond acceptors (Lipinski definition) is 5. The molecule has 0 bridgehead atoms. The molecule has 0 aliphatic carbocycles. The van der Waals surface area contributed by atoms with Crippen molar-refractivity contribution in [1.82, 2.24) is 9.29 Å². The van der Waals surface area contributed by atoms with Crippen molar-refractivity contribution >= 4 is 21.6 Å². The molecule has 2 heterocycles. The van der Waals surface area contributed by atoms with Gasteiger partial charge in [-0.2, -0.15) is 4.31 Å². The van der Waals surface area contributed by atoms with Crippen molar-refractivity contribution in [3.05, 3.63) is 47.6 Å². The first-order valence-electron chi connectivity index (χ1n) is 6.92. The van der Waals surface area contributed by atoms with E-state index in [1.807, 2.05) is 0 Å². The fourth-order valence-corrected chi connectivity index (χ4v) is 4.02. The van der Waals surface area contributed by atoms with E-state index in [4.69, 9.17) is 21.1 Å². The molecule has 1 saturated heterocycles. The van der Waals surface area contributed by atoms with Crippen molar-refractivity contribution in [1.29, 1.82) is 0 Å². The Morgan fingerprint density at radius 1 is 1.22 bits per heavy atom. The maximum Gasteiger partial charge on any atom is 0.247 e. The van der Waals surface area contributed by atoms with E-state index >= 15 is 0 Å². The highest BCUT2D eigenvalue weighted by molar-refractivity contribution is 7.89. The van der Waals surface area contributed by atoms with Crippen molar-refractivity contribution in [2.75, 3.05) is 20.2 Å². The van der Waals surface area contributed by atoms with Gasteiger partial charge in [0.1, 0.15) is 16.7 Å². The van der Waals surface area contributed by atoms with Gasteiger partial charge in [0, 0.05) is 12.3 Å². The average molecular weight is 355 g/mol. The Morgan fingerprint density at radius 3 is 2.61 bits per heavy atom. The third kappa shape index (κ3) is 3.26. The number of rotatable bonds is 5. The van der Waals surface area contributed by atoms with Gasteiger partial charge in [-0.15, -0.1) is 0 Å². The van der Waals surface area contributed by atoms with Gasteiger partial charge in [-0.25, -0.2) is 13.4 Å². The number of pyridine rings is 1. The number of methoxy groups -OCH3 is 1. The highest BCUT2D eigenvalue weighted by atomic mass is 35.5. The van der Waals surface area contributed by atoms with Crippen molar-refractivity contribution < 1.29 is 17.9 Å². The molecule has 23 heavy (non-hydrogen) atoms. The van der Waals surface area contributed by atoms with Crippen LogP contribution in [0, 0.1) is 0 Å². The molecule has 2 aromatic rings. The molecule has 0 spiro atoms. The van der Waals surface area contributed by atoms with Crippen LogP contribution in [0.2, 0.25) is 5.02 Å². The standard InChI is InChI=1S/C15H15ClN2O4S/c1-21-13-4-2-3-5-14(13)23(19,20)18-9-12(10-18)22-15-7-6-11(16)8-17-15/h2-8,12H,9-10H2,1H3. The molecule has 0 amide bonds. The zero-order valence-corrected chi connectivity index (χ0v) is 13.9. The van der Waals surface area contributed by atoms with Gasteiger partial charge in [0.05, 0.1) is 25.2 Å². The van der Waals surface area contributed by atoms with E-state index in [2.05, 4.69) is 4.98 Å². The Kier molecular flexibility index (Phi) is 4.43. The minimum absolute atomic E-state index is 0.158. The zero-order valence-electron chi connectivity index (χ0n) is 12.3. The summed E-state index contributed by atoms with van der Waals surface area (Å²) in [6, 6.07) is 9.87. The topological polar surface area (TPSA) is 68.7 Å². The van der Waals surface area contributed by atoms with Gasteiger partial charge in [-0.05, 0) is 18.2 Å². The molecule has 122 valence electrons. The van der Waals surface area contributed by atoms with Crippen LogP contribution < -0.4 is 9.47 Å². The molecule has 0 radical (unpaired) electrons. The second-order valence-corrected chi connectivity index (χ2v) is 7.37. The first-order chi connectivity index (χ1) is 11.0. The first-order valence-corrected chi connectivity index (χ1v) is 8.74. The van der Waals surface area contributed by atoms with Crippen LogP contribution in [0.3, 0.4) is 0 Å². The largest absolute Gasteiger partial charge is 0.495 e. The lowest BCUT2D eigenvalue weighted by molar-refractivity contribution is 0.0720. The molecule has 0 saturated carbocycles. The molecule has 1 aromatic heterocycles. The van der Waals surface area contributed by atoms with Crippen molar-refractivity contribution in [3.8, 4) is 11.6 Å². The lowest BCUT2D eigenvalue weighted by atomic mass is 10.2. The number of hydrogen-bond donors (Lipinski definition) is 0. The Morgan fingerprint density at radius 2 is 1.96 bits per heavy atom. The van der Waals surface area contributed by atoms with Gasteiger partial charge in [0.15, 0.2) is 0 Å². The Labute approximate surface area is 139 Å². The minimum Gasteiger partial charge on any atom is -0.495 e. The third-order valence-electron chi connectivity index (χ3n) is 3.49. The number of benzene rings is 1. The summed E-state index contributed by atoms with van der Waals surface area (Å²) in [5.74, 6) is 0.755. The quantitative estimate of drug-likeness (QED) is 0.823. The predicted molar refractivity (Wildman–Crippen MR) is 85.4 cm³/mol. The Balaban J connectivity index is 1.67. The van der Waals surface area contributed by atoms with Crippen LogP contribution in [-0.4, -0.2) is 44.0 Å². The smallest absolute Gasteiger partial charge is 0.247 e. The van der Waals surface area contributed by atoms with Gasteiger partial charge in [-0.1, -0.05) is 23.7 Å². The van der Waals surface area contributed by atoms with E-state index in [1.165, 1.54) is 23.7 Å². The van der Waals surface area contributed by atoms with Gasteiger partial charge >= 0.3 is 0 Å². The molecular formula is C15H15ClN2O4S. The maximum absolute atomic E-state index is 12.6. The molecular weight excluding hydrogens is 340 g/mol. The van der Waals surface area contributed by atoms with Crippen LogP contribution >= 0.6 is 11.6 Å². The summed E-state index contributed by atoms with van der Waals surface area (Å²) >= 11 is 5.76. The molecule has 0 atom stereocenters. The van der Waals surface area contributed by atoms with Gasteiger partial charge in [0.2, 0.25) is 15.9 Å². The summed E-state index contributed by atoms with van der Waals surface area (Å²) in [7, 11) is -2.14. The van der Waals surface area contributed by atoms with Crippen LogP contribution in [0.1, 0.15) is 0 Å². The molecule has 1 aliphatic heterocycles. The number of aromatic nitrogens is 1. The number of ether oxygens (including phenoxy) is 2. The Bertz CT molecular complexity index is 789. The Hall–Kier alpha value is -1.83. The monoisotopic (exact) mass is 354 g/mol. The number of nitrogens with zero attached hydrogens (tertiary/aromatic N) is 2. The summed E-state index contributed by atoms with van der Waals surface area (Å²) in [6.07, 6.45) is 1.26. The van der Waals surface area contributed by atoms with E-state index in [1.54, 1.807) is 30.3 Å². The van der Waals surface area contributed by atoms with E-state index in [0.29, 0.717) is 16.7 Å². The highest BCUT2D eigenvalue weighted by Crippen LogP contribution is 2.30. The normalized spacial score (nSPS) is 15.9. The number of halogens is 1. The van der Waals surface area contributed by atoms with E-state index in [-0.39, 0.29) is 24.1 Å². The van der Waals surface area contributed by atoms with Crippen LogP contribution in [-0.2, 0) is 10.0 Å². The third-order valence-corrected chi connectivity index (χ3v) is 5.58. The molecule has 1 fully saturated rings. The SMILES string of the molecule is COc1ccccc1S(=O)(=O)N1CC(Oc2ccc(Cl)cn2)C1. The van der Waals surface area contributed by atoms with E-state index in [9.17, 15) is 8.42 Å². The van der Waals surface area contributed by atoms with Crippen molar-refractivity contribution in [3.63, 3.8) is 0 Å². The minimum atomic E-state index is -3.59. The molecule has 0 N–H and O–H groups in total. The molecule has 8 heteroatoms. The first kappa shape index (κ1) is 16.0. The van der Waals surface area contributed by atoms with Crippen LogP contribution in [0.4, 0.5) is 0 Å². The lowest BCUT2D eigenvalue weighted by Crippen LogP contribution is -2.56.